The van der Waals surface area contributed by atoms with Crippen molar-refractivity contribution in [2.75, 3.05) is 0 Å². The molecular weight excluding hydrogens is 296 g/mol. The van der Waals surface area contributed by atoms with Crippen molar-refractivity contribution < 1.29 is 4.52 Å². The van der Waals surface area contributed by atoms with Gasteiger partial charge in [-0.2, -0.15) is 4.98 Å². The van der Waals surface area contributed by atoms with Crippen LogP contribution in [0.1, 0.15) is 0 Å². The van der Waals surface area contributed by atoms with Crippen LogP contribution >= 0.6 is 11.5 Å². The Morgan fingerprint density at radius 1 is 0.864 bits per heavy atom. The van der Waals surface area contributed by atoms with E-state index in [1.807, 2.05) is 54.6 Å². The zero-order chi connectivity index (χ0) is 14.8. The molecule has 2 aromatic heterocycles. The molecule has 0 unspecified atom stereocenters. The second-order valence-corrected chi connectivity index (χ2v) is 5.40. The highest BCUT2D eigenvalue weighted by atomic mass is 32.1. The highest BCUT2D eigenvalue weighted by Crippen LogP contribution is 2.33. The number of hydrogen-bond acceptors (Lipinski definition) is 6. The van der Waals surface area contributed by atoms with Crippen LogP contribution < -0.4 is 0 Å². The summed E-state index contributed by atoms with van der Waals surface area (Å²) in [5, 5.41) is 7.96. The summed E-state index contributed by atoms with van der Waals surface area (Å²) in [6.07, 6.45) is 1.73. The Kier molecular flexibility index (Phi) is 3.21. The van der Waals surface area contributed by atoms with E-state index in [0.717, 1.165) is 21.6 Å². The molecule has 0 saturated carbocycles. The number of nitrogens with zero attached hydrogens (tertiary/aromatic N) is 4. The van der Waals surface area contributed by atoms with Gasteiger partial charge in [0.15, 0.2) is 0 Å². The highest BCUT2D eigenvalue weighted by Gasteiger charge is 2.15. The lowest BCUT2D eigenvalue weighted by atomic mass is 10.1. The van der Waals surface area contributed by atoms with E-state index in [9.17, 15) is 0 Å². The van der Waals surface area contributed by atoms with Crippen LogP contribution in [0.25, 0.3) is 33.3 Å². The van der Waals surface area contributed by atoms with E-state index in [4.69, 9.17) is 4.52 Å². The zero-order valence-corrected chi connectivity index (χ0v) is 12.2. The summed E-state index contributed by atoms with van der Waals surface area (Å²) in [6, 6.07) is 17.6. The average Bonchev–Trinajstić information content (AvgIpc) is 3.28. The predicted molar refractivity (Wildman–Crippen MR) is 84.1 cm³/mol. The summed E-state index contributed by atoms with van der Waals surface area (Å²) >= 11 is 1.34. The topological polar surface area (TPSA) is 64.7 Å². The standard InChI is InChI=1S/C16H10N4OS/c1-2-6-11(7-3-1)15-18-16(21-19-15)13-9-5-4-8-12(13)14-10-17-20-22-14/h1-10H. The van der Waals surface area contributed by atoms with Crippen LogP contribution in [-0.4, -0.2) is 19.7 Å². The molecule has 0 bridgehead atoms. The Bertz CT molecular complexity index is 887. The van der Waals surface area contributed by atoms with Crippen molar-refractivity contribution in [3.8, 4) is 33.3 Å². The fraction of sp³-hybridized carbons (Fsp3) is 0. The Morgan fingerprint density at radius 3 is 2.41 bits per heavy atom. The van der Waals surface area contributed by atoms with Crippen molar-refractivity contribution >= 4 is 11.5 Å². The van der Waals surface area contributed by atoms with Crippen LogP contribution in [0.4, 0.5) is 0 Å². The van der Waals surface area contributed by atoms with Crippen LogP contribution in [0.2, 0.25) is 0 Å². The largest absolute Gasteiger partial charge is 0.334 e. The molecule has 5 nitrogen and oxygen atoms in total. The molecule has 0 spiro atoms. The van der Waals surface area contributed by atoms with Gasteiger partial charge in [0.25, 0.3) is 5.89 Å². The van der Waals surface area contributed by atoms with E-state index in [2.05, 4.69) is 19.7 Å². The first kappa shape index (κ1) is 12.8. The van der Waals surface area contributed by atoms with Crippen molar-refractivity contribution in [2.45, 2.75) is 0 Å². The molecule has 0 radical (unpaired) electrons. The lowest BCUT2D eigenvalue weighted by Gasteiger charge is -2.01. The van der Waals surface area contributed by atoms with E-state index in [1.54, 1.807) is 6.20 Å². The molecule has 2 aromatic carbocycles. The van der Waals surface area contributed by atoms with E-state index >= 15 is 0 Å². The van der Waals surface area contributed by atoms with Gasteiger partial charge in [-0.05, 0) is 17.6 Å². The lowest BCUT2D eigenvalue weighted by Crippen LogP contribution is -1.84. The fourth-order valence-corrected chi connectivity index (χ4v) is 2.76. The van der Waals surface area contributed by atoms with E-state index < -0.39 is 0 Å². The summed E-state index contributed by atoms with van der Waals surface area (Å²) in [6.45, 7) is 0. The van der Waals surface area contributed by atoms with Gasteiger partial charge in [-0.15, -0.1) is 5.10 Å². The molecule has 4 rings (SSSR count). The van der Waals surface area contributed by atoms with Gasteiger partial charge >= 0.3 is 0 Å². The quantitative estimate of drug-likeness (QED) is 0.574. The van der Waals surface area contributed by atoms with E-state index in [0.29, 0.717) is 11.7 Å². The summed E-state index contributed by atoms with van der Waals surface area (Å²) in [5.74, 6) is 1.07. The van der Waals surface area contributed by atoms with Crippen molar-refractivity contribution in [3.63, 3.8) is 0 Å². The van der Waals surface area contributed by atoms with Crippen molar-refractivity contribution in [3.05, 3.63) is 60.8 Å². The Morgan fingerprint density at radius 2 is 1.64 bits per heavy atom. The van der Waals surface area contributed by atoms with Gasteiger partial charge < -0.3 is 4.52 Å². The van der Waals surface area contributed by atoms with Crippen LogP contribution in [-0.2, 0) is 0 Å². The first-order valence-electron chi connectivity index (χ1n) is 6.68. The molecule has 106 valence electrons. The molecule has 6 heteroatoms. The van der Waals surface area contributed by atoms with E-state index in [-0.39, 0.29) is 0 Å². The first-order chi connectivity index (χ1) is 10.9. The minimum absolute atomic E-state index is 0.489. The van der Waals surface area contributed by atoms with Crippen LogP contribution in [0.5, 0.6) is 0 Å². The van der Waals surface area contributed by atoms with Crippen LogP contribution in [0.3, 0.4) is 0 Å². The maximum Gasteiger partial charge on any atom is 0.258 e. The van der Waals surface area contributed by atoms with Crippen molar-refractivity contribution in [2.24, 2.45) is 0 Å². The number of rotatable bonds is 3. The van der Waals surface area contributed by atoms with Gasteiger partial charge in [-0.3, -0.25) is 0 Å². The predicted octanol–water partition coefficient (Wildman–Crippen LogP) is 3.92. The van der Waals surface area contributed by atoms with Gasteiger partial charge in [0.1, 0.15) is 0 Å². The summed E-state index contributed by atoms with van der Waals surface area (Å²) in [7, 11) is 0. The molecule has 0 aliphatic carbocycles. The Labute approximate surface area is 130 Å². The summed E-state index contributed by atoms with van der Waals surface area (Å²) < 4.78 is 9.36. The third kappa shape index (κ3) is 2.29. The molecule has 0 saturated heterocycles. The molecule has 22 heavy (non-hydrogen) atoms. The van der Waals surface area contributed by atoms with Crippen LogP contribution in [0, 0.1) is 0 Å². The SMILES string of the molecule is c1ccc(-c2noc(-c3ccccc3-c3cnns3)n2)cc1. The molecule has 0 N–H and O–H groups in total. The lowest BCUT2D eigenvalue weighted by molar-refractivity contribution is 0.432. The monoisotopic (exact) mass is 306 g/mol. The molecule has 4 aromatic rings. The van der Waals surface area contributed by atoms with E-state index in [1.165, 1.54) is 11.5 Å². The van der Waals surface area contributed by atoms with Gasteiger partial charge in [-0.25, -0.2) is 0 Å². The van der Waals surface area contributed by atoms with Gasteiger partial charge in [0.05, 0.1) is 11.1 Å². The highest BCUT2D eigenvalue weighted by molar-refractivity contribution is 7.09. The number of hydrogen-bond donors (Lipinski definition) is 0. The summed E-state index contributed by atoms with van der Waals surface area (Å²) in [5.41, 5.74) is 2.79. The molecule has 0 aliphatic rings. The van der Waals surface area contributed by atoms with Gasteiger partial charge in [0.2, 0.25) is 5.82 Å². The molecule has 0 aliphatic heterocycles. The Hall–Kier alpha value is -2.86. The molecule has 2 heterocycles. The fourth-order valence-electron chi connectivity index (χ4n) is 2.21. The third-order valence-electron chi connectivity index (χ3n) is 3.24. The smallest absolute Gasteiger partial charge is 0.258 e. The van der Waals surface area contributed by atoms with Crippen LogP contribution in [0.15, 0.2) is 65.3 Å². The van der Waals surface area contributed by atoms with Gasteiger partial charge in [-0.1, -0.05) is 58.2 Å². The minimum atomic E-state index is 0.489. The maximum atomic E-state index is 5.45. The van der Waals surface area contributed by atoms with Crippen molar-refractivity contribution in [1.82, 2.24) is 19.7 Å². The number of aromatic nitrogens is 4. The third-order valence-corrected chi connectivity index (χ3v) is 3.94. The normalized spacial score (nSPS) is 10.7. The Balaban J connectivity index is 1.80. The second-order valence-electron chi connectivity index (χ2n) is 4.62. The van der Waals surface area contributed by atoms with Crippen molar-refractivity contribution in [1.29, 1.82) is 0 Å². The first-order valence-corrected chi connectivity index (χ1v) is 7.45. The molecule has 0 atom stereocenters. The zero-order valence-electron chi connectivity index (χ0n) is 11.4. The molecular formula is C16H10N4OS. The molecule has 0 amide bonds. The second kappa shape index (κ2) is 5.50. The average molecular weight is 306 g/mol. The number of benzene rings is 2. The molecule has 0 fully saturated rings. The maximum absolute atomic E-state index is 5.45. The summed E-state index contributed by atoms with van der Waals surface area (Å²) in [4.78, 5) is 5.47. The minimum Gasteiger partial charge on any atom is -0.334 e. The van der Waals surface area contributed by atoms with Gasteiger partial charge in [0, 0.05) is 16.7 Å².